The van der Waals surface area contributed by atoms with E-state index in [9.17, 15) is 0 Å². The van der Waals surface area contributed by atoms with E-state index in [4.69, 9.17) is 22.2 Å². The van der Waals surface area contributed by atoms with Crippen molar-refractivity contribution in [3.63, 3.8) is 0 Å². The number of thiophene rings is 1. The van der Waals surface area contributed by atoms with E-state index >= 15 is 0 Å². The minimum atomic E-state index is -0.179. The van der Waals surface area contributed by atoms with E-state index in [0.29, 0.717) is 0 Å². The molecule has 5 nitrogen and oxygen atoms in total. The molecule has 19 heavy (non-hydrogen) atoms. The van der Waals surface area contributed by atoms with E-state index in [0.717, 1.165) is 33.6 Å². The molecule has 2 aromatic rings. The van der Waals surface area contributed by atoms with Gasteiger partial charge in [-0.15, -0.1) is 11.3 Å². The number of nitrogens with zero attached hydrogens (tertiary/aromatic N) is 2. The van der Waals surface area contributed by atoms with E-state index in [1.165, 1.54) is 11.3 Å². The van der Waals surface area contributed by atoms with Crippen LogP contribution < -0.4 is 16.0 Å². The third-order valence-electron chi connectivity index (χ3n) is 2.82. The molecule has 2 rings (SSSR count). The van der Waals surface area contributed by atoms with Crippen molar-refractivity contribution in [2.45, 2.75) is 25.9 Å². The van der Waals surface area contributed by atoms with Gasteiger partial charge in [-0.2, -0.15) is 5.10 Å². The van der Waals surface area contributed by atoms with Crippen LogP contribution in [0.5, 0.6) is 5.75 Å². The molecule has 0 aliphatic heterocycles. The Balaban J connectivity index is 2.44. The molecule has 1 atom stereocenters. The number of hydrogen-bond acceptors (Lipinski definition) is 5. The molecule has 7 heteroatoms. The number of ether oxygens (including phenoxy) is 1. The first-order valence-corrected chi connectivity index (χ1v) is 7.21. The zero-order chi connectivity index (χ0) is 13.8. The molecule has 0 amide bonds. The number of nitrogens with two attached hydrogens (primary N) is 1. The maximum absolute atomic E-state index is 5.99. The smallest absolute Gasteiger partial charge is 0.162 e. The largest absolute Gasteiger partial charge is 0.493 e. The van der Waals surface area contributed by atoms with Crippen LogP contribution in [0.25, 0.3) is 0 Å². The van der Waals surface area contributed by atoms with E-state index in [1.807, 2.05) is 16.8 Å². The maximum atomic E-state index is 5.99. The van der Waals surface area contributed by atoms with E-state index in [2.05, 4.69) is 17.4 Å². The molecule has 0 fully saturated rings. The van der Waals surface area contributed by atoms with Gasteiger partial charge in [-0.3, -0.25) is 10.5 Å². The highest BCUT2D eigenvalue weighted by molar-refractivity contribution is 7.16. The molecule has 0 bridgehead atoms. The normalized spacial score (nSPS) is 12.6. The van der Waals surface area contributed by atoms with Gasteiger partial charge in [-0.05, 0) is 18.6 Å². The molecule has 0 aliphatic carbocycles. The van der Waals surface area contributed by atoms with Gasteiger partial charge in [0.1, 0.15) is 11.7 Å². The Bertz CT molecular complexity index is 540. The molecule has 1 unspecified atom stereocenters. The van der Waals surface area contributed by atoms with Crippen molar-refractivity contribution in [2.75, 3.05) is 7.11 Å². The van der Waals surface area contributed by atoms with Gasteiger partial charge in [0.15, 0.2) is 5.75 Å². The highest BCUT2D eigenvalue weighted by atomic mass is 35.5. The number of aryl methyl sites for hydroxylation is 1. The number of rotatable bonds is 6. The van der Waals surface area contributed by atoms with Crippen molar-refractivity contribution < 1.29 is 4.74 Å². The van der Waals surface area contributed by atoms with Crippen molar-refractivity contribution in [3.8, 4) is 5.75 Å². The van der Waals surface area contributed by atoms with Crippen LogP contribution in [0.4, 0.5) is 0 Å². The molecule has 0 saturated heterocycles. The Labute approximate surface area is 121 Å². The van der Waals surface area contributed by atoms with Gasteiger partial charge < -0.3 is 4.74 Å². The second kappa shape index (κ2) is 6.38. The van der Waals surface area contributed by atoms with Crippen molar-refractivity contribution in [3.05, 3.63) is 33.2 Å². The Kier molecular flexibility index (Phi) is 4.81. The lowest BCUT2D eigenvalue weighted by molar-refractivity contribution is 0.399. The quantitative estimate of drug-likeness (QED) is 0.636. The molecule has 0 aromatic carbocycles. The molecule has 0 saturated carbocycles. The van der Waals surface area contributed by atoms with Crippen LogP contribution in [-0.4, -0.2) is 16.9 Å². The summed E-state index contributed by atoms with van der Waals surface area (Å²) in [6.45, 7) is 2.92. The Morgan fingerprint density at radius 1 is 1.58 bits per heavy atom. The Morgan fingerprint density at radius 2 is 2.37 bits per heavy atom. The summed E-state index contributed by atoms with van der Waals surface area (Å²) >= 11 is 7.48. The van der Waals surface area contributed by atoms with Crippen LogP contribution in [0.3, 0.4) is 0 Å². The van der Waals surface area contributed by atoms with Gasteiger partial charge >= 0.3 is 0 Å². The molecule has 3 N–H and O–H groups in total. The Morgan fingerprint density at radius 3 is 2.89 bits per heavy atom. The molecular formula is C12H17ClN4OS. The summed E-state index contributed by atoms with van der Waals surface area (Å²) in [5, 5.41) is 4.35. The summed E-state index contributed by atoms with van der Waals surface area (Å²) in [7, 11) is 1.63. The van der Waals surface area contributed by atoms with Gasteiger partial charge in [-0.25, -0.2) is 5.43 Å². The topological polar surface area (TPSA) is 65.1 Å². The highest BCUT2D eigenvalue weighted by Crippen LogP contribution is 2.34. The lowest BCUT2D eigenvalue weighted by atomic mass is 10.1. The van der Waals surface area contributed by atoms with Crippen LogP contribution in [0, 0.1) is 0 Å². The fourth-order valence-electron chi connectivity index (χ4n) is 2.00. The fourth-order valence-corrected chi connectivity index (χ4v) is 3.12. The van der Waals surface area contributed by atoms with E-state index < -0.39 is 0 Å². The first kappa shape index (κ1) is 14.3. The number of methoxy groups -OCH3 is 1. The van der Waals surface area contributed by atoms with Crippen LogP contribution in [0.15, 0.2) is 18.3 Å². The zero-order valence-corrected chi connectivity index (χ0v) is 12.5. The van der Waals surface area contributed by atoms with Gasteiger partial charge in [-0.1, -0.05) is 18.5 Å². The van der Waals surface area contributed by atoms with Crippen molar-refractivity contribution in [1.82, 2.24) is 15.2 Å². The molecule has 104 valence electrons. The average molecular weight is 301 g/mol. The van der Waals surface area contributed by atoms with Crippen LogP contribution in [0.2, 0.25) is 4.34 Å². The number of halogens is 1. The first-order chi connectivity index (χ1) is 9.21. The zero-order valence-electron chi connectivity index (χ0n) is 10.9. The number of nitrogens with one attached hydrogen (secondary N) is 1. The third-order valence-corrected chi connectivity index (χ3v) is 4.11. The van der Waals surface area contributed by atoms with Gasteiger partial charge in [0.05, 0.1) is 17.6 Å². The van der Waals surface area contributed by atoms with Crippen molar-refractivity contribution in [1.29, 1.82) is 0 Å². The molecule has 0 aliphatic rings. The second-order valence-corrected chi connectivity index (χ2v) is 5.81. The van der Waals surface area contributed by atoms with Gasteiger partial charge in [0.25, 0.3) is 0 Å². The van der Waals surface area contributed by atoms with Crippen LogP contribution >= 0.6 is 22.9 Å². The predicted octanol–water partition coefficient (Wildman–Crippen LogP) is 2.57. The van der Waals surface area contributed by atoms with E-state index in [1.54, 1.807) is 13.3 Å². The molecule has 0 spiro atoms. The van der Waals surface area contributed by atoms with Gasteiger partial charge in [0.2, 0.25) is 0 Å². The number of aromatic nitrogens is 2. The molecule has 2 aromatic heterocycles. The standard InChI is InChI=1S/C12H17ClN4OS/c1-3-6-17-12(8(18-2)7-15-17)11(16-14)9-4-5-10(13)19-9/h4-5,7,11,16H,3,6,14H2,1-2H3. The number of hydrogen-bond donors (Lipinski definition) is 2. The van der Waals surface area contributed by atoms with Crippen molar-refractivity contribution in [2.24, 2.45) is 5.84 Å². The van der Waals surface area contributed by atoms with Crippen LogP contribution in [-0.2, 0) is 6.54 Å². The number of hydrazine groups is 1. The lowest BCUT2D eigenvalue weighted by Gasteiger charge is -2.17. The predicted molar refractivity (Wildman–Crippen MR) is 77.6 cm³/mol. The lowest BCUT2D eigenvalue weighted by Crippen LogP contribution is -2.30. The second-order valence-electron chi connectivity index (χ2n) is 4.06. The monoisotopic (exact) mass is 300 g/mol. The minimum Gasteiger partial charge on any atom is -0.493 e. The summed E-state index contributed by atoms with van der Waals surface area (Å²) in [6.07, 6.45) is 2.70. The molecule has 0 radical (unpaired) electrons. The fraction of sp³-hybridized carbons (Fsp3) is 0.417. The summed E-state index contributed by atoms with van der Waals surface area (Å²) in [6, 6.07) is 3.64. The van der Waals surface area contributed by atoms with Crippen LogP contribution in [0.1, 0.15) is 30.0 Å². The van der Waals surface area contributed by atoms with Crippen molar-refractivity contribution >= 4 is 22.9 Å². The molecular weight excluding hydrogens is 284 g/mol. The highest BCUT2D eigenvalue weighted by Gasteiger charge is 2.23. The minimum absolute atomic E-state index is 0.179. The maximum Gasteiger partial charge on any atom is 0.162 e. The SMILES string of the molecule is CCCn1ncc(OC)c1C(NN)c1ccc(Cl)s1. The summed E-state index contributed by atoms with van der Waals surface area (Å²) in [5.41, 5.74) is 3.74. The van der Waals surface area contributed by atoms with Gasteiger partial charge in [0, 0.05) is 11.4 Å². The molecule has 2 heterocycles. The first-order valence-electron chi connectivity index (χ1n) is 6.02. The Hall–Kier alpha value is -1.08. The summed E-state index contributed by atoms with van der Waals surface area (Å²) in [4.78, 5) is 1.03. The third kappa shape index (κ3) is 2.92. The summed E-state index contributed by atoms with van der Waals surface area (Å²) < 4.78 is 8.02. The average Bonchev–Trinajstić information content (AvgIpc) is 2.99. The van der Waals surface area contributed by atoms with E-state index in [-0.39, 0.29) is 6.04 Å². The summed E-state index contributed by atoms with van der Waals surface area (Å²) in [5.74, 6) is 6.43.